The third-order valence-corrected chi connectivity index (χ3v) is 2.20. The number of carbonyl (C=O) groups excluding carboxylic acids is 1. The molecule has 0 bridgehead atoms. The Bertz CT molecular complexity index is 200. The lowest BCUT2D eigenvalue weighted by Gasteiger charge is -2.12. The molecule has 1 aliphatic carbocycles. The van der Waals surface area contributed by atoms with Gasteiger partial charge in [-0.3, -0.25) is 4.79 Å². The minimum atomic E-state index is -0.324. The molecule has 0 aromatic heterocycles. The monoisotopic (exact) mass is 137 g/mol. The molecular weight excluding hydrogens is 126 g/mol. The van der Waals surface area contributed by atoms with Gasteiger partial charge in [0.2, 0.25) is 0 Å². The van der Waals surface area contributed by atoms with Crippen LogP contribution in [0, 0.1) is 22.7 Å². The Morgan fingerprint density at radius 1 is 1.70 bits per heavy atom. The topological polar surface area (TPSA) is 40.9 Å². The van der Waals surface area contributed by atoms with Crippen molar-refractivity contribution in [1.29, 1.82) is 5.26 Å². The van der Waals surface area contributed by atoms with Gasteiger partial charge in [-0.05, 0) is 12.8 Å². The summed E-state index contributed by atoms with van der Waals surface area (Å²) < 4.78 is 0. The van der Waals surface area contributed by atoms with Crippen LogP contribution in [0.3, 0.4) is 0 Å². The van der Waals surface area contributed by atoms with Crippen LogP contribution in [0.4, 0.5) is 0 Å². The van der Waals surface area contributed by atoms with E-state index in [0.29, 0.717) is 0 Å². The minimum absolute atomic E-state index is 0.120. The predicted octanol–water partition coefficient (Wildman–Crippen LogP) is 1.52. The van der Waals surface area contributed by atoms with Crippen molar-refractivity contribution < 1.29 is 4.79 Å². The Kier molecular flexibility index (Phi) is 1.52. The molecule has 1 fully saturated rings. The maximum Gasteiger partial charge on any atom is 0.155 e. The van der Waals surface area contributed by atoms with Crippen molar-refractivity contribution in [2.45, 2.75) is 26.7 Å². The van der Waals surface area contributed by atoms with Gasteiger partial charge >= 0.3 is 0 Å². The van der Waals surface area contributed by atoms with Crippen molar-refractivity contribution in [3.8, 4) is 6.07 Å². The molecule has 0 spiro atoms. The third-order valence-electron chi connectivity index (χ3n) is 2.20. The zero-order chi connectivity index (χ0) is 7.78. The first-order valence-electron chi connectivity index (χ1n) is 3.52. The molecular formula is C8H11NO. The Labute approximate surface area is 60.8 Å². The van der Waals surface area contributed by atoms with Gasteiger partial charge in [-0.1, -0.05) is 13.8 Å². The van der Waals surface area contributed by atoms with Crippen LogP contribution in [0.5, 0.6) is 0 Å². The quantitative estimate of drug-likeness (QED) is 0.507. The molecule has 1 unspecified atom stereocenters. The molecule has 0 amide bonds. The first-order valence-corrected chi connectivity index (χ1v) is 3.52. The Balaban J connectivity index is 2.80. The average Bonchev–Trinajstić information content (AvgIpc) is 2.10. The lowest BCUT2D eigenvalue weighted by molar-refractivity contribution is -0.126. The fraction of sp³-hybridized carbons (Fsp3) is 0.750. The summed E-state index contributed by atoms with van der Waals surface area (Å²) >= 11 is 0. The third kappa shape index (κ3) is 0.923. The molecule has 2 heteroatoms. The molecule has 10 heavy (non-hydrogen) atoms. The predicted molar refractivity (Wildman–Crippen MR) is 37.1 cm³/mol. The molecule has 0 heterocycles. The molecule has 0 N–H and O–H groups in total. The second kappa shape index (κ2) is 2.09. The van der Waals surface area contributed by atoms with Gasteiger partial charge in [-0.15, -0.1) is 0 Å². The fourth-order valence-electron chi connectivity index (χ4n) is 1.35. The van der Waals surface area contributed by atoms with Gasteiger partial charge in [0, 0.05) is 5.41 Å². The van der Waals surface area contributed by atoms with E-state index in [1.54, 1.807) is 0 Å². The highest BCUT2D eigenvalue weighted by Gasteiger charge is 2.40. The zero-order valence-electron chi connectivity index (χ0n) is 6.35. The summed E-state index contributed by atoms with van der Waals surface area (Å²) in [5.74, 6) is -0.204. The molecule has 1 rings (SSSR count). The number of ketones is 1. The van der Waals surface area contributed by atoms with Gasteiger partial charge in [-0.2, -0.15) is 5.26 Å². The average molecular weight is 137 g/mol. The van der Waals surface area contributed by atoms with Crippen LogP contribution in [-0.2, 0) is 4.79 Å². The first-order chi connectivity index (χ1) is 4.58. The van der Waals surface area contributed by atoms with Crippen LogP contribution in [-0.4, -0.2) is 5.78 Å². The van der Waals surface area contributed by atoms with Gasteiger partial charge in [0.15, 0.2) is 5.78 Å². The van der Waals surface area contributed by atoms with Gasteiger partial charge in [0.05, 0.1) is 6.07 Å². The Morgan fingerprint density at radius 2 is 2.30 bits per heavy atom. The number of carbonyl (C=O) groups is 1. The van der Waals surface area contributed by atoms with E-state index in [9.17, 15) is 4.79 Å². The molecule has 54 valence electrons. The number of rotatable bonds is 0. The Morgan fingerprint density at radius 3 is 2.50 bits per heavy atom. The van der Waals surface area contributed by atoms with Crippen molar-refractivity contribution in [3.05, 3.63) is 0 Å². The van der Waals surface area contributed by atoms with Crippen molar-refractivity contribution >= 4 is 5.78 Å². The summed E-state index contributed by atoms with van der Waals surface area (Å²) in [7, 11) is 0. The van der Waals surface area contributed by atoms with Crippen LogP contribution in [0.25, 0.3) is 0 Å². The van der Waals surface area contributed by atoms with Gasteiger partial charge in [0.1, 0.15) is 5.92 Å². The summed E-state index contributed by atoms with van der Waals surface area (Å²) in [4.78, 5) is 11.2. The van der Waals surface area contributed by atoms with Crippen molar-refractivity contribution in [2.75, 3.05) is 0 Å². The van der Waals surface area contributed by atoms with Gasteiger partial charge < -0.3 is 0 Å². The molecule has 0 saturated heterocycles. The van der Waals surface area contributed by atoms with E-state index in [1.165, 1.54) is 0 Å². The van der Waals surface area contributed by atoms with E-state index >= 15 is 0 Å². The standard InChI is InChI=1S/C8H11NO/c1-8(2)4-3-6(5-9)7(8)10/h6H,3-4H2,1-2H3. The van der Waals surface area contributed by atoms with E-state index in [4.69, 9.17) is 5.26 Å². The summed E-state index contributed by atoms with van der Waals surface area (Å²) in [6, 6.07) is 2.02. The van der Waals surface area contributed by atoms with Crippen LogP contribution in [0.1, 0.15) is 26.7 Å². The zero-order valence-corrected chi connectivity index (χ0v) is 6.35. The lowest BCUT2D eigenvalue weighted by Crippen LogP contribution is -2.20. The van der Waals surface area contributed by atoms with Crippen LogP contribution in [0.2, 0.25) is 0 Å². The smallest absolute Gasteiger partial charge is 0.155 e. The molecule has 0 aromatic carbocycles. The van der Waals surface area contributed by atoms with Crippen molar-refractivity contribution in [1.82, 2.24) is 0 Å². The molecule has 0 radical (unpaired) electrons. The summed E-state index contributed by atoms with van der Waals surface area (Å²) in [6.45, 7) is 3.82. The summed E-state index contributed by atoms with van der Waals surface area (Å²) in [6.07, 6.45) is 1.62. The van der Waals surface area contributed by atoms with Crippen molar-refractivity contribution in [2.24, 2.45) is 11.3 Å². The highest BCUT2D eigenvalue weighted by molar-refractivity contribution is 5.90. The van der Waals surface area contributed by atoms with E-state index in [1.807, 2.05) is 19.9 Å². The molecule has 1 saturated carbocycles. The number of hydrogen-bond acceptors (Lipinski definition) is 2. The summed E-state index contributed by atoms with van der Waals surface area (Å²) in [5, 5.41) is 8.50. The van der Waals surface area contributed by atoms with E-state index in [-0.39, 0.29) is 17.1 Å². The fourth-order valence-corrected chi connectivity index (χ4v) is 1.35. The molecule has 0 aliphatic heterocycles. The number of hydrogen-bond donors (Lipinski definition) is 0. The number of Topliss-reactive ketones (excluding diaryl/α,β-unsaturated/α-hetero) is 1. The second-order valence-electron chi connectivity index (χ2n) is 3.47. The SMILES string of the molecule is CC1(C)CCC(C#N)C1=O. The number of nitrogens with zero attached hydrogens (tertiary/aromatic N) is 1. The number of nitriles is 1. The molecule has 2 nitrogen and oxygen atoms in total. The van der Waals surface area contributed by atoms with Crippen LogP contribution < -0.4 is 0 Å². The highest BCUT2D eigenvalue weighted by atomic mass is 16.1. The lowest BCUT2D eigenvalue weighted by atomic mass is 9.89. The maximum absolute atomic E-state index is 11.2. The van der Waals surface area contributed by atoms with Crippen molar-refractivity contribution in [3.63, 3.8) is 0 Å². The molecule has 1 atom stereocenters. The van der Waals surface area contributed by atoms with E-state index < -0.39 is 0 Å². The Hall–Kier alpha value is -0.840. The van der Waals surface area contributed by atoms with Crippen LogP contribution in [0.15, 0.2) is 0 Å². The van der Waals surface area contributed by atoms with E-state index in [2.05, 4.69) is 0 Å². The van der Waals surface area contributed by atoms with E-state index in [0.717, 1.165) is 12.8 Å². The van der Waals surface area contributed by atoms with Crippen LogP contribution >= 0.6 is 0 Å². The first kappa shape index (κ1) is 7.27. The maximum atomic E-state index is 11.2. The highest BCUT2D eigenvalue weighted by Crippen LogP contribution is 2.36. The molecule has 0 aromatic rings. The second-order valence-corrected chi connectivity index (χ2v) is 3.47. The van der Waals surface area contributed by atoms with Gasteiger partial charge in [0.25, 0.3) is 0 Å². The van der Waals surface area contributed by atoms with Gasteiger partial charge in [-0.25, -0.2) is 0 Å². The minimum Gasteiger partial charge on any atom is -0.298 e. The summed E-state index contributed by atoms with van der Waals surface area (Å²) in [5.41, 5.74) is -0.236. The largest absolute Gasteiger partial charge is 0.298 e. The molecule has 1 aliphatic rings. The normalized spacial score (nSPS) is 30.1.